The summed E-state index contributed by atoms with van der Waals surface area (Å²) in [5.74, 6) is 1.21. The Morgan fingerprint density at radius 1 is 1.31 bits per heavy atom. The van der Waals surface area contributed by atoms with Crippen LogP contribution in [0.3, 0.4) is 0 Å². The van der Waals surface area contributed by atoms with E-state index in [4.69, 9.17) is 5.73 Å². The third-order valence-electron chi connectivity index (χ3n) is 1.93. The second-order valence-corrected chi connectivity index (χ2v) is 2.88. The van der Waals surface area contributed by atoms with Crippen molar-refractivity contribution in [3.63, 3.8) is 0 Å². The molecule has 0 fully saturated rings. The minimum atomic E-state index is 0.339. The van der Waals surface area contributed by atoms with Gasteiger partial charge in [0, 0.05) is 17.8 Å². The minimum Gasteiger partial charge on any atom is -0.370 e. The zero-order valence-corrected chi connectivity index (χ0v) is 8.39. The summed E-state index contributed by atoms with van der Waals surface area (Å²) in [4.78, 5) is 8.26. The molecule has 1 aromatic heterocycles. The van der Waals surface area contributed by atoms with Gasteiger partial charge in [-0.2, -0.15) is 4.98 Å². The molecule has 13 heavy (non-hydrogen) atoms. The van der Waals surface area contributed by atoms with Gasteiger partial charge in [-0.3, -0.25) is 0 Å². The number of hydrogen-bond donors (Lipinski definition) is 2. The number of rotatable bonds is 3. The standard InChI is InChI=1S/C9H16N4/c1-4-7-6(3)12-9(10)13-8(7)11-5-2/h4-5H2,1-3H3,(H3,10,11,12,13). The predicted octanol–water partition coefficient (Wildman–Crippen LogP) is 1.36. The Morgan fingerprint density at radius 2 is 2.00 bits per heavy atom. The van der Waals surface area contributed by atoms with Crippen LogP contribution in [0, 0.1) is 6.92 Å². The molecule has 0 aliphatic heterocycles. The first-order valence-corrected chi connectivity index (χ1v) is 4.55. The normalized spacial score (nSPS) is 10.1. The number of aryl methyl sites for hydroxylation is 1. The van der Waals surface area contributed by atoms with Crippen molar-refractivity contribution in [3.05, 3.63) is 11.3 Å². The molecule has 0 bridgehead atoms. The monoisotopic (exact) mass is 180 g/mol. The molecule has 0 aliphatic carbocycles. The van der Waals surface area contributed by atoms with E-state index in [2.05, 4.69) is 22.2 Å². The van der Waals surface area contributed by atoms with Crippen molar-refractivity contribution >= 4 is 11.8 Å². The number of nitrogens with one attached hydrogen (secondary N) is 1. The van der Waals surface area contributed by atoms with Crippen LogP contribution < -0.4 is 11.1 Å². The van der Waals surface area contributed by atoms with Crippen LogP contribution in [0.5, 0.6) is 0 Å². The zero-order chi connectivity index (χ0) is 9.84. The first-order chi connectivity index (χ1) is 6.19. The number of aromatic nitrogens is 2. The van der Waals surface area contributed by atoms with Crippen molar-refractivity contribution in [3.8, 4) is 0 Å². The van der Waals surface area contributed by atoms with Crippen LogP contribution in [0.2, 0.25) is 0 Å². The summed E-state index contributed by atoms with van der Waals surface area (Å²) in [7, 11) is 0. The van der Waals surface area contributed by atoms with Gasteiger partial charge in [-0.05, 0) is 20.3 Å². The average molecular weight is 180 g/mol. The van der Waals surface area contributed by atoms with Crippen molar-refractivity contribution < 1.29 is 0 Å². The summed E-state index contributed by atoms with van der Waals surface area (Å²) < 4.78 is 0. The highest BCUT2D eigenvalue weighted by molar-refractivity contribution is 5.49. The fourth-order valence-corrected chi connectivity index (χ4v) is 1.35. The molecule has 0 aromatic carbocycles. The van der Waals surface area contributed by atoms with Crippen molar-refractivity contribution in [2.75, 3.05) is 17.6 Å². The van der Waals surface area contributed by atoms with Crippen LogP contribution in [-0.2, 0) is 6.42 Å². The molecule has 3 N–H and O–H groups in total. The van der Waals surface area contributed by atoms with E-state index in [0.29, 0.717) is 5.95 Å². The van der Waals surface area contributed by atoms with Crippen LogP contribution in [0.1, 0.15) is 25.1 Å². The first kappa shape index (κ1) is 9.77. The topological polar surface area (TPSA) is 63.8 Å². The van der Waals surface area contributed by atoms with E-state index in [-0.39, 0.29) is 0 Å². The number of nitrogens with two attached hydrogens (primary N) is 1. The molecule has 1 heterocycles. The largest absolute Gasteiger partial charge is 0.370 e. The lowest BCUT2D eigenvalue weighted by molar-refractivity contribution is 0.993. The summed E-state index contributed by atoms with van der Waals surface area (Å²) >= 11 is 0. The van der Waals surface area contributed by atoms with Crippen LogP contribution in [0.4, 0.5) is 11.8 Å². The lowest BCUT2D eigenvalue weighted by Crippen LogP contribution is -2.08. The van der Waals surface area contributed by atoms with Gasteiger partial charge < -0.3 is 11.1 Å². The summed E-state index contributed by atoms with van der Waals surface area (Å²) in [5, 5.41) is 3.18. The Bertz CT molecular complexity index is 296. The van der Waals surface area contributed by atoms with Crippen LogP contribution in [-0.4, -0.2) is 16.5 Å². The fraction of sp³-hybridized carbons (Fsp3) is 0.556. The Hall–Kier alpha value is -1.32. The summed E-state index contributed by atoms with van der Waals surface area (Å²) in [6.07, 6.45) is 0.925. The van der Waals surface area contributed by atoms with Gasteiger partial charge >= 0.3 is 0 Å². The van der Waals surface area contributed by atoms with Crippen LogP contribution in [0.15, 0.2) is 0 Å². The third-order valence-corrected chi connectivity index (χ3v) is 1.93. The van der Waals surface area contributed by atoms with Gasteiger partial charge in [-0.25, -0.2) is 4.98 Å². The molecule has 0 atom stereocenters. The minimum absolute atomic E-state index is 0.339. The quantitative estimate of drug-likeness (QED) is 0.737. The Balaban J connectivity index is 3.13. The van der Waals surface area contributed by atoms with Crippen molar-refractivity contribution in [2.45, 2.75) is 27.2 Å². The molecule has 0 radical (unpaired) electrons. The molecular weight excluding hydrogens is 164 g/mol. The summed E-state index contributed by atoms with van der Waals surface area (Å²) in [5.41, 5.74) is 7.66. The molecule has 4 nitrogen and oxygen atoms in total. The molecule has 72 valence electrons. The molecule has 0 saturated carbocycles. The SMILES string of the molecule is CCNc1nc(N)nc(C)c1CC. The molecule has 1 aromatic rings. The highest BCUT2D eigenvalue weighted by Gasteiger charge is 2.06. The molecule has 0 aliphatic rings. The fourth-order valence-electron chi connectivity index (χ4n) is 1.35. The maximum atomic E-state index is 5.55. The number of nitrogens with zero attached hydrogens (tertiary/aromatic N) is 2. The average Bonchev–Trinajstić information content (AvgIpc) is 2.04. The highest BCUT2D eigenvalue weighted by atomic mass is 15.1. The van der Waals surface area contributed by atoms with E-state index in [1.165, 1.54) is 0 Å². The smallest absolute Gasteiger partial charge is 0.222 e. The molecule has 0 unspecified atom stereocenters. The van der Waals surface area contributed by atoms with Crippen molar-refractivity contribution in [1.82, 2.24) is 9.97 Å². The maximum absolute atomic E-state index is 5.55. The van der Waals surface area contributed by atoms with Gasteiger partial charge in [0.15, 0.2) is 0 Å². The van der Waals surface area contributed by atoms with Gasteiger partial charge in [0.2, 0.25) is 5.95 Å². The lowest BCUT2D eigenvalue weighted by atomic mass is 10.1. The molecule has 0 spiro atoms. The van der Waals surface area contributed by atoms with Crippen LogP contribution in [0.25, 0.3) is 0 Å². The Morgan fingerprint density at radius 3 is 2.54 bits per heavy atom. The van der Waals surface area contributed by atoms with Gasteiger partial charge in [0.25, 0.3) is 0 Å². The van der Waals surface area contributed by atoms with E-state index < -0.39 is 0 Å². The van der Waals surface area contributed by atoms with Crippen molar-refractivity contribution in [1.29, 1.82) is 0 Å². The predicted molar refractivity (Wildman–Crippen MR) is 54.7 cm³/mol. The van der Waals surface area contributed by atoms with E-state index >= 15 is 0 Å². The lowest BCUT2D eigenvalue weighted by Gasteiger charge is -2.10. The van der Waals surface area contributed by atoms with E-state index in [1.807, 2.05) is 13.8 Å². The summed E-state index contributed by atoms with van der Waals surface area (Å²) in [6.45, 7) is 6.93. The van der Waals surface area contributed by atoms with E-state index in [0.717, 1.165) is 30.0 Å². The highest BCUT2D eigenvalue weighted by Crippen LogP contribution is 2.17. The zero-order valence-electron chi connectivity index (χ0n) is 8.39. The molecule has 1 rings (SSSR count). The van der Waals surface area contributed by atoms with E-state index in [1.54, 1.807) is 0 Å². The third kappa shape index (κ3) is 2.08. The number of anilines is 2. The Kier molecular flexibility index (Phi) is 3.06. The van der Waals surface area contributed by atoms with Gasteiger partial charge in [-0.1, -0.05) is 6.92 Å². The summed E-state index contributed by atoms with van der Waals surface area (Å²) in [6, 6.07) is 0. The Labute approximate surface area is 78.6 Å². The molecule has 0 saturated heterocycles. The van der Waals surface area contributed by atoms with Gasteiger partial charge in [0.05, 0.1) is 0 Å². The van der Waals surface area contributed by atoms with Gasteiger partial charge in [-0.15, -0.1) is 0 Å². The van der Waals surface area contributed by atoms with E-state index in [9.17, 15) is 0 Å². The van der Waals surface area contributed by atoms with Crippen molar-refractivity contribution in [2.24, 2.45) is 0 Å². The number of hydrogen-bond acceptors (Lipinski definition) is 4. The van der Waals surface area contributed by atoms with Gasteiger partial charge in [0.1, 0.15) is 5.82 Å². The second kappa shape index (κ2) is 4.07. The molecule has 0 amide bonds. The molecular formula is C9H16N4. The number of nitrogen functional groups attached to an aromatic ring is 1. The molecule has 4 heteroatoms. The maximum Gasteiger partial charge on any atom is 0.222 e. The first-order valence-electron chi connectivity index (χ1n) is 4.55. The van der Waals surface area contributed by atoms with Crippen LogP contribution >= 0.6 is 0 Å². The second-order valence-electron chi connectivity index (χ2n) is 2.88.